The largest absolute Gasteiger partial charge is 0.338 e. The Morgan fingerprint density at radius 3 is 2.78 bits per heavy atom. The summed E-state index contributed by atoms with van der Waals surface area (Å²) in [5.41, 5.74) is 2.70. The lowest BCUT2D eigenvalue weighted by Crippen LogP contribution is -2.36. The van der Waals surface area contributed by atoms with Crippen LogP contribution >= 0.6 is 11.8 Å². The Balaban J connectivity index is 2.67. The average Bonchev–Trinajstić information content (AvgIpc) is 2.43. The van der Waals surface area contributed by atoms with Gasteiger partial charge in [-0.2, -0.15) is 11.8 Å². The van der Waals surface area contributed by atoms with Gasteiger partial charge in [-0.25, -0.2) is 5.84 Å². The third kappa shape index (κ3) is 3.85. The Bertz CT molecular complexity index is 384. The number of anilines is 1. The number of hydrazine groups is 1. The molecule has 0 fully saturated rings. The van der Waals surface area contributed by atoms with Gasteiger partial charge in [-0.15, -0.1) is 10.2 Å². The van der Waals surface area contributed by atoms with Gasteiger partial charge in [0.1, 0.15) is 0 Å². The maximum absolute atomic E-state index is 12.1. The molecule has 7 heteroatoms. The van der Waals surface area contributed by atoms with Crippen LogP contribution in [-0.2, 0) is 0 Å². The summed E-state index contributed by atoms with van der Waals surface area (Å²) in [4.78, 5) is 13.8. The monoisotopic (exact) mass is 269 g/mol. The van der Waals surface area contributed by atoms with E-state index in [2.05, 4.69) is 21.9 Å². The molecule has 0 aliphatic carbocycles. The molecule has 0 aliphatic rings. The number of amides is 1. The highest BCUT2D eigenvalue weighted by molar-refractivity contribution is 7.98. The van der Waals surface area contributed by atoms with Crippen LogP contribution in [0.15, 0.2) is 12.1 Å². The maximum Gasteiger partial charge on any atom is 0.274 e. The molecule has 0 bridgehead atoms. The topological polar surface area (TPSA) is 84.1 Å². The zero-order chi connectivity index (χ0) is 13.5. The van der Waals surface area contributed by atoms with Crippen LogP contribution in [0.2, 0.25) is 0 Å². The molecule has 0 saturated heterocycles. The van der Waals surface area contributed by atoms with E-state index in [1.165, 1.54) is 0 Å². The number of thioether (sulfide) groups is 1. The van der Waals surface area contributed by atoms with Gasteiger partial charge in [0.25, 0.3) is 5.91 Å². The summed E-state index contributed by atoms with van der Waals surface area (Å²) in [6.45, 7) is 2.03. The number of nitrogens with two attached hydrogens (primary N) is 1. The maximum atomic E-state index is 12.1. The van der Waals surface area contributed by atoms with Crippen LogP contribution in [0.5, 0.6) is 0 Å². The van der Waals surface area contributed by atoms with Crippen molar-refractivity contribution in [3.63, 3.8) is 0 Å². The number of hydrogen-bond donors (Lipinski definition) is 2. The van der Waals surface area contributed by atoms with Crippen molar-refractivity contribution in [2.24, 2.45) is 5.84 Å². The van der Waals surface area contributed by atoms with Crippen LogP contribution in [0, 0.1) is 0 Å². The molecule has 6 nitrogen and oxygen atoms in total. The number of nitrogen functional groups attached to an aromatic ring is 1. The van der Waals surface area contributed by atoms with Gasteiger partial charge in [0.2, 0.25) is 0 Å². The van der Waals surface area contributed by atoms with Gasteiger partial charge in [-0.3, -0.25) is 4.79 Å². The molecule has 18 heavy (non-hydrogen) atoms. The molecular weight excluding hydrogens is 250 g/mol. The van der Waals surface area contributed by atoms with Crippen molar-refractivity contribution in [3.8, 4) is 0 Å². The van der Waals surface area contributed by atoms with Crippen LogP contribution in [0.1, 0.15) is 23.8 Å². The standard InChI is InChI=1S/C11H19N5OS/c1-8(6-7-18-3)16(2)11(17)9-4-5-10(13-12)15-14-9/h4-5,8H,6-7,12H2,1-3H3,(H,13,15). The van der Waals surface area contributed by atoms with Crippen molar-refractivity contribution >= 4 is 23.5 Å². The predicted molar refractivity (Wildman–Crippen MR) is 74.4 cm³/mol. The van der Waals surface area contributed by atoms with Gasteiger partial charge in [0.15, 0.2) is 11.5 Å². The average molecular weight is 269 g/mol. The van der Waals surface area contributed by atoms with Crippen molar-refractivity contribution < 1.29 is 4.79 Å². The van der Waals surface area contributed by atoms with Crippen molar-refractivity contribution in [1.29, 1.82) is 0 Å². The molecular formula is C11H19N5OS. The molecule has 1 atom stereocenters. The minimum absolute atomic E-state index is 0.125. The highest BCUT2D eigenvalue weighted by atomic mass is 32.2. The van der Waals surface area contributed by atoms with Crippen molar-refractivity contribution in [2.45, 2.75) is 19.4 Å². The Hall–Kier alpha value is -1.34. The Morgan fingerprint density at radius 1 is 1.56 bits per heavy atom. The summed E-state index contributed by atoms with van der Waals surface area (Å²) in [5.74, 6) is 6.53. The molecule has 0 spiro atoms. The number of carbonyl (C=O) groups excluding carboxylic acids is 1. The quantitative estimate of drug-likeness (QED) is 0.591. The zero-order valence-electron chi connectivity index (χ0n) is 10.9. The van der Waals surface area contributed by atoms with Gasteiger partial charge >= 0.3 is 0 Å². The van der Waals surface area contributed by atoms with E-state index in [-0.39, 0.29) is 11.9 Å². The number of nitrogens with zero attached hydrogens (tertiary/aromatic N) is 3. The van der Waals surface area contributed by atoms with Crippen molar-refractivity contribution in [1.82, 2.24) is 15.1 Å². The minimum Gasteiger partial charge on any atom is -0.338 e. The summed E-state index contributed by atoms with van der Waals surface area (Å²) >= 11 is 1.77. The molecule has 3 N–H and O–H groups in total. The van der Waals surface area contributed by atoms with E-state index in [9.17, 15) is 4.79 Å². The van der Waals surface area contributed by atoms with E-state index in [1.54, 1.807) is 35.8 Å². The fraction of sp³-hybridized carbons (Fsp3) is 0.545. The number of hydrogen-bond acceptors (Lipinski definition) is 6. The van der Waals surface area contributed by atoms with E-state index in [1.807, 2.05) is 6.92 Å². The van der Waals surface area contributed by atoms with Gasteiger partial charge in [-0.1, -0.05) is 0 Å². The first-order valence-electron chi connectivity index (χ1n) is 5.66. The third-order valence-electron chi connectivity index (χ3n) is 2.75. The van der Waals surface area contributed by atoms with Crippen LogP contribution in [0.25, 0.3) is 0 Å². The van der Waals surface area contributed by atoms with Gasteiger partial charge < -0.3 is 10.3 Å². The lowest BCUT2D eigenvalue weighted by molar-refractivity contribution is 0.0734. The van der Waals surface area contributed by atoms with Gasteiger partial charge in [0.05, 0.1) is 0 Å². The molecule has 1 aromatic heterocycles. The molecule has 1 aromatic rings. The normalized spacial score (nSPS) is 12.0. The second kappa shape index (κ2) is 7.17. The SMILES string of the molecule is CSCCC(C)N(C)C(=O)c1ccc(NN)nn1. The van der Waals surface area contributed by atoms with E-state index in [0.717, 1.165) is 12.2 Å². The van der Waals surface area contributed by atoms with E-state index in [4.69, 9.17) is 5.84 Å². The van der Waals surface area contributed by atoms with Gasteiger partial charge in [0, 0.05) is 13.1 Å². The second-order valence-electron chi connectivity index (χ2n) is 3.99. The number of nitrogens with one attached hydrogen (secondary N) is 1. The fourth-order valence-corrected chi connectivity index (χ4v) is 1.96. The smallest absolute Gasteiger partial charge is 0.274 e. The lowest BCUT2D eigenvalue weighted by Gasteiger charge is -2.24. The van der Waals surface area contributed by atoms with Crippen LogP contribution in [0.4, 0.5) is 5.82 Å². The fourth-order valence-electron chi connectivity index (χ4n) is 1.39. The summed E-state index contributed by atoms with van der Waals surface area (Å²) in [6, 6.07) is 3.42. The highest BCUT2D eigenvalue weighted by Gasteiger charge is 2.18. The number of carbonyl (C=O) groups is 1. The Labute approximate surface area is 111 Å². The summed E-state index contributed by atoms with van der Waals surface area (Å²) < 4.78 is 0. The van der Waals surface area contributed by atoms with E-state index in [0.29, 0.717) is 11.5 Å². The van der Waals surface area contributed by atoms with Gasteiger partial charge in [-0.05, 0) is 37.5 Å². The third-order valence-corrected chi connectivity index (χ3v) is 3.40. The molecule has 0 aromatic carbocycles. The zero-order valence-corrected chi connectivity index (χ0v) is 11.7. The first-order chi connectivity index (χ1) is 8.60. The van der Waals surface area contributed by atoms with Crippen molar-refractivity contribution in [3.05, 3.63) is 17.8 Å². The minimum atomic E-state index is -0.125. The molecule has 1 rings (SSSR count). The molecule has 0 radical (unpaired) electrons. The molecule has 100 valence electrons. The first kappa shape index (κ1) is 14.7. The lowest BCUT2D eigenvalue weighted by atomic mass is 10.2. The van der Waals surface area contributed by atoms with E-state index < -0.39 is 0 Å². The Kier molecular flexibility index (Phi) is 5.87. The van der Waals surface area contributed by atoms with Crippen LogP contribution in [-0.4, -0.2) is 46.1 Å². The summed E-state index contributed by atoms with van der Waals surface area (Å²) in [7, 11) is 1.78. The van der Waals surface area contributed by atoms with Crippen LogP contribution in [0.3, 0.4) is 0 Å². The summed E-state index contributed by atoms with van der Waals surface area (Å²) in [5, 5.41) is 7.63. The number of aromatic nitrogens is 2. The Morgan fingerprint density at radius 2 is 2.28 bits per heavy atom. The molecule has 1 heterocycles. The summed E-state index contributed by atoms with van der Waals surface area (Å²) in [6.07, 6.45) is 3.01. The van der Waals surface area contributed by atoms with Crippen LogP contribution < -0.4 is 11.3 Å². The molecule has 1 unspecified atom stereocenters. The first-order valence-corrected chi connectivity index (χ1v) is 7.06. The highest BCUT2D eigenvalue weighted by Crippen LogP contribution is 2.10. The second-order valence-corrected chi connectivity index (χ2v) is 4.98. The number of rotatable bonds is 6. The van der Waals surface area contributed by atoms with Crippen molar-refractivity contribution in [2.75, 3.05) is 24.5 Å². The predicted octanol–water partition coefficient (Wildman–Crippen LogP) is 0.976. The molecule has 0 aliphatic heterocycles. The molecule has 0 saturated carbocycles. The van der Waals surface area contributed by atoms with E-state index >= 15 is 0 Å². The molecule has 1 amide bonds.